The van der Waals surface area contributed by atoms with E-state index in [1.807, 2.05) is 0 Å². The number of thiophene rings is 1. The number of fused-ring (bicyclic) bond motifs is 1. The van der Waals surface area contributed by atoms with Gasteiger partial charge in [0.25, 0.3) is 21.8 Å². The fraction of sp³-hybridized carbons (Fsp3) is 0.240. The topological polar surface area (TPSA) is 143 Å². The van der Waals surface area contributed by atoms with E-state index in [0.717, 1.165) is 10.4 Å². The van der Waals surface area contributed by atoms with Crippen LogP contribution in [0, 0.1) is 0 Å². The van der Waals surface area contributed by atoms with Crippen molar-refractivity contribution in [2.24, 2.45) is 0 Å². The second-order valence-corrected chi connectivity index (χ2v) is 11.0. The van der Waals surface area contributed by atoms with Gasteiger partial charge in [-0.1, -0.05) is 0 Å². The van der Waals surface area contributed by atoms with Crippen LogP contribution in [-0.4, -0.2) is 59.0 Å². The van der Waals surface area contributed by atoms with Crippen LogP contribution in [0.4, 0.5) is 15.5 Å². The van der Waals surface area contributed by atoms with E-state index in [1.54, 1.807) is 12.1 Å². The van der Waals surface area contributed by atoms with Gasteiger partial charge in [0.1, 0.15) is 10.8 Å². The molecule has 0 fully saturated rings. The lowest BCUT2D eigenvalue weighted by atomic mass is 10.0. The molecular formula is C25H26N4O7S2. The molecule has 2 heterocycles. The third-order valence-corrected chi connectivity index (χ3v) is 8.47. The summed E-state index contributed by atoms with van der Waals surface area (Å²) < 4.78 is 37.7. The first-order chi connectivity index (χ1) is 18.2. The number of hydrogen-bond acceptors (Lipinski definition) is 8. The number of sulfonamides is 1. The van der Waals surface area contributed by atoms with Crippen LogP contribution in [0.25, 0.3) is 0 Å². The molecule has 4 rings (SSSR count). The second kappa shape index (κ2) is 11.1. The summed E-state index contributed by atoms with van der Waals surface area (Å²) in [6.07, 6.45) is -0.0124. The fourth-order valence-electron chi connectivity index (χ4n) is 3.98. The zero-order chi connectivity index (χ0) is 27.4. The van der Waals surface area contributed by atoms with Gasteiger partial charge in [0.05, 0.1) is 31.2 Å². The monoisotopic (exact) mass is 558 g/mol. The molecule has 0 atom stereocenters. The predicted molar refractivity (Wildman–Crippen MR) is 142 cm³/mol. The molecular weight excluding hydrogens is 532 g/mol. The number of methoxy groups -OCH3 is 2. The molecule has 13 heteroatoms. The summed E-state index contributed by atoms with van der Waals surface area (Å²) in [7, 11) is 0.468. The van der Waals surface area contributed by atoms with Gasteiger partial charge in [-0.15, -0.1) is 11.3 Å². The number of carbonyl (C=O) groups is 3. The molecule has 0 bridgehead atoms. The van der Waals surface area contributed by atoms with Crippen LogP contribution in [0.3, 0.4) is 0 Å². The van der Waals surface area contributed by atoms with Crippen LogP contribution in [0.1, 0.15) is 31.2 Å². The molecule has 0 unspecified atom stereocenters. The Morgan fingerprint density at radius 1 is 0.974 bits per heavy atom. The molecule has 0 aliphatic carbocycles. The number of nitrogens with one attached hydrogen (secondary N) is 3. The lowest BCUT2D eigenvalue weighted by molar-refractivity contribution is 0.0962. The maximum absolute atomic E-state index is 13.0. The highest BCUT2D eigenvalue weighted by Crippen LogP contribution is 2.37. The van der Waals surface area contributed by atoms with Gasteiger partial charge in [0.2, 0.25) is 0 Å². The molecule has 11 nitrogen and oxygen atoms in total. The summed E-state index contributed by atoms with van der Waals surface area (Å²) in [5, 5.41) is 5.77. The molecule has 1 aromatic heterocycles. The van der Waals surface area contributed by atoms with Crippen molar-refractivity contribution >= 4 is 50.0 Å². The van der Waals surface area contributed by atoms with E-state index < -0.39 is 22.0 Å². The largest absolute Gasteiger partial charge is 0.497 e. The molecule has 0 radical (unpaired) electrons. The fourth-order valence-corrected chi connectivity index (χ4v) is 6.29. The van der Waals surface area contributed by atoms with E-state index in [0.29, 0.717) is 29.3 Å². The number of hydrogen-bond donors (Lipinski definition) is 3. The average Bonchev–Trinajstić information content (AvgIpc) is 3.29. The van der Waals surface area contributed by atoms with Crippen LogP contribution >= 0.6 is 11.3 Å². The normalized spacial score (nSPS) is 12.8. The molecule has 3 N–H and O–H groups in total. The Morgan fingerprint density at radius 2 is 1.66 bits per heavy atom. The molecule has 3 amide bonds. The number of amides is 3. The molecule has 1 aliphatic heterocycles. The van der Waals surface area contributed by atoms with Gasteiger partial charge < -0.3 is 25.0 Å². The Hall–Kier alpha value is -4.10. The Bertz CT molecular complexity index is 1470. The van der Waals surface area contributed by atoms with Crippen LogP contribution in [0.2, 0.25) is 0 Å². The number of carbonyl (C=O) groups excluding carboxylic acids is 3. The van der Waals surface area contributed by atoms with Crippen molar-refractivity contribution in [2.45, 2.75) is 17.9 Å². The molecule has 0 saturated carbocycles. The van der Waals surface area contributed by atoms with Crippen LogP contribution in [0.5, 0.6) is 5.75 Å². The van der Waals surface area contributed by atoms with Crippen molar-refractivity contribution in [3.63, 3.8) is 0 Å². The lowest BCUT2D eigenvalue weighted by Crippen LogP contribution is -2.35. The zero-order valence-electron chi connectivity index (χ0n) is 20.9. The van der Waals surface area contributed by atoms with Gasteiger partial charge in [0, 0.05) is 29.7 Å². The third-order valence-electron chi connectivity index (χ3n) is 5.94. The number of benzene rings is 2. The SMILES string of the molecule is CNC(=O)c1c(NC(=O)c2ccc(NS(=O)(=O)c3ccc(OC)cc3)cc2)sc2c1CCN(C(=O)OC)C2. The van der Waals surface area contributed by atoms with Crippen LogP contribution < -0.4 is 20.1 Å². The van der Waals surface area contributed by atoms with Crippen molar-refractivity contribution in [1.29, 1.82) is 0 Å². The van der Waals surface area contributed by atoms with Gasteiger partial charge in [-0.05, 0) is 60.5 Å². The highest BCUT2D eigenvalue weighted by atomic mass is 32.2. The quantitative estimate of drug-likeness (QED) is 0.404. The number of anilines is 2. The summed E-state index contributed by atoms with van der Waals surface area (Å²) in [5.74, 6) is -0.276. The Morgan fingerprint density at radius 3 is 2.26 bits per heavy atom. The van der Waals surface area contributed by atoms with Crippen molar-refractivity contribution < 1.29 is 32.3 Å². The number of ether oxygens (including phenoxy) is 2. The summed E-state index contributed by atoms with van der Waals surface area (Å²) >= 11 is 1.23. The third kappa shape index (κ3) is 5.58. The van der Waals surface area contributed by atoms with Gasteiger partial charge >= 0.3 is 6.09 Å². The van der Waals surface area contributed by atoms with Crippen molar-refractivity contribution in [1.82, 2.24) is 10.2 Å². The predicted octanol–water partition coefficient (Wildman–Crippen LogP) is 3.29. The second-order valence-electron chi connectivity index (χ2n) is 8.24. The molecule has 2 aromatic carbocycles. The lowest BCUT2D eigenvalue weighted by Gasteiger charge is -2.25. The van der Waals surface area contributed by atoms with E-state index >= 15 is 0 Å². The summed E-state index contributed by atoms with van der Waals surface area (Å²) in [6, 6.07) is 11.9. The molecule has 0 spiro atoms. The van der Waals surface area contributed by atoms with Gasteiger partial charge in [0.15, 0.2) is 0 Å². The van der Waals surface area contributed by atoms with E-state index in [2.05, 4.69) is 15.4 Å². The average molecular weight is 559 g/mol. The van der Waals surface area contributed by atoms with E-state index in [-0.39, 0.29) is 28.6 Å². The van der Waals surface area contributed by atoms with Gasteiger partial charge in [-0.25, -0.2) is 13.2 Å². The first-order valence-corrected chi connectivity index (χ1v) is 13.7. The maximum atomic E-state index is 13.0. The Kier molecular flexibility index (Phi) is 7.88. The smallest absolute Gasteiger partial charge is 0.409 e. The molecule has 200 valence electrons. The van der Waals surface area contributed by atoms with Crippen molar-refractivity contribution in [2.75, 3.05) is 37.9 Å². The molecule has 3 aromatic rings. The first-order valence-electron chi connectivity index (χ1n) is 11.4. The first kappa shape index (κ1) is 26.9. The minimum absolute atomic E-state index is 0.0641. The summed E-state index contributed by atoms with van der Waals surface area (Å²) in [4.78, 5) is 40.0. The van der Waals surface area contributed by atoms with Crippen LogP contribution in [0.15, 0.2) is 53.4 Å². The highest BCUT2D eigenvalue weighted by molar-refractivity contribution is 7.92. The number of nitrogens with zero attached hydrogens (tertiary/aromatic N) is 1. The van der Waals surface area contributed by atoms with E-state index in [9.17, 15) is 22.8 Å². The molecule has 1 aliphatic rings. The maximum Gasteiger partial charge on any atom is 0.409 e. The minimum Gasteiger partial charge on any atom is -0.497 e. The molecule has 0 saturated heterocycles. The zero-order valence-corrected chi connectivity index (χ0v) is 22.5. The Balaban J connectivity index is 1.51. The minimum atomic E-state index is -3.84. The van der Waals surface area contributed by atoms with Gasteiger partial charge in [-0.2, -0.15) is 0 Å². The van der Waals surface area contributed by atoms with Crippen molar-refractivity contribution in [3.8, 4) is 5.75 Å². The van der Waals surface area contributed by atoms with Crippen LogP contribution in [-0.2, 0) is 27.7 Å². The van der Waals surface area contributed by atoms with Gasteiger partial charge in [-0.3, -0.25) is 14.3 Å². The van der Waals surface area contributed by atoms with Crippen molar-refractivity contribution in [3.05, 3.63) is 70.1 Å². The molecule has 38 heavy (non-hydrogen) atoms. The highest BCUT2D eigenvalue weighted by Gasteiger charge is 2.30. The summed E-state index contributed by atoms with van der Waals surface area (Å²) in [5.41, 5.74) is 1.70. The van der Waals surface area contributed by atoms with E-state index in [4.69, 9.17) is 9.47 Å². The summed E-state index contributed by atoms with van der Waals surface area (Å²) in [6.45, 7) is 0.664. The standard InChI is InChI=1S/C25H26N4O7S2/c1-26-23(31)21-19-12-13-29(25(32)36-3)14-20(19)37-24(21)27-22(30)15-4-6-16(7-5-15)28-38(33,34)18-10-8-17(35-2)9-11-18/h4-11,28H,12-14H2,1-3H3,(H,26,31)(H,27,30). The van der Waals surface area contributed by atoms with E-state index in [1.165, 1.54) is 73.9 Å². The Labute approximate surface area is 223 Å². The number of rotatable bonds is 7.